The lowest BCUT2D eigenvalue weighted by molar-refractivity contribution is -0.384. The highest BCUT2D eigenvalue weighted by Gasteiger charge is 2.42. The smallest absolute Gasteiger partial charge is 0.315 e. The van der Waals surface area contributed by atoms with E-state index in [1.807, 2.05) is 11.8 Å². The van der Waals surface area contributed by atoms with Crippen molar-refractivity contribution in [2.45, 2.75) is 49.4 Å². The predicted octanol–water partition coefficient (Wildman–Crippen LogP) is 0.0446. The summed E-state index contributed by atoms with van der Waals surface area (Å²) >= 11 is 1.87. The molecular weight excluding hydrogens is 558 g/mol. The Hall–Kier alpha value is -3.37. The number of amides is 5. The second kappa shape index (κ2) is 16.8. The first-order valence-electron chi connectivity index (χ1n) is 13.7. The van der Waals surface area contributed by atoms with Gasteiger partial charge >= 0.3 is 6.03 Å². The van der Waals surface area contributed by atoms with E-state index in [0.717, 1.165) is 25.0 Å². The molecule has 5 amide bonds. The van der Waals surface area contributed by atoms with Crippen LogP contribution in [0.15, 0.2) is 12.3 Å². The number of carbonyl (C=O) groups is 4. The normalized spacial score (nSPS) is 19.2. The number of aryl methyl sites for hydroxylation is 1. The van der Waals surface area contributed by atoms with Gasteiger partial charge in [-0.3, -0.25) is 24.5 Å². The lowest BCUT2D eigenvalue weighted by atomic mass is 10.0. The van der Waals surface area contributed by atoms with Gasteiger partial charge in [-0.25, -0.2) is 4.79 Å². The third-order valence-corrected chi connectivity index (χ3v) is 8.16. The zero-order valence-corrected chi connectivity index (χ0v) is 24.0. The first-order chi connectivity index (χ1) is 19.7. The minimum absolute atomic E-state index is 0.0159. The van der Waals surface area contributed by atoms with Crippen LogP contribution in [-0.4, -0.2) is 102 Å². The predicted molar refractivity (Wildman–Crippen MR) is 151 cm³/mol. The average molecular weight is 598 g/mol. The Morgan fingerprint density at radius 1 is 1.05 bits per heavy atom. The molecule has 3 heterocycles. The van der Waals surface area contributed by atoms with E-state index in [4.69, 9.17) is 9.47 Å². The molecule has 3 rings (SSSR count). The first kappa shape index (κ1) is 32.1. The van der Waals surface area contributed by atoms with Crippen molar-refractivity contribution in [1.82, 2.24) is 31.2 Å². The fraction of sp³-hybridized carbons (Fsp3) is 0.680. The van der Waals surface area contributed by atoms with Gasteiger partial charge in [0.15, 0.2) is 0 Å². The van der Waals surface area contributed by atoms with E-state index >= 15 is 0 Å². The summed E-state index contributed by atoms with van der Waals surface area (Å²) in [5, 5.41) is 25.3. The summed E-state index contributed by atoms with van der Waals surface area (Å²) in [4.78, 5) is 57.6. The minimum Gasteiger partial charge on any atom is -0.377 e. The Balaban J connectivity index is 1.08. The number of thioether (sulfide) groups is 1. The molecule has 2 aliphatic rings. The van der Waals surface area contributed by atoms with E-state index in [9.17, 15) is 29.3 Å². The molecule has 2 saturated heterocycles. The van der Waals surface area contributed by atoms with Crippen molar-refractivity contribution < 1.29 is 33.6 Å². The molecule has 15 nitrogen and oxygen atoms in total. The molecule has 228 valence electrons. The largest absolute Gasteiger partial charge is 0.377 e. The summed E-state index contributed by atoms with van der Waals surface area (Å²) in [5.74, 6) is 0.196. The Morgan fingerprint density at radius 3 is 2.59 bits per heavy atom. The molecule has 0 aliphatic carbocycles. The fourth-order valence-corrected chi connectivity index (χ4v) is 6.09. The van der Waals surface area contributed by atoms with Crippen molar-refractivity contribution in [2.75, 3.05) is 51.8 Å². The lowest BCUT2D eigenvalue weighted by Crippen LogP contribution is -2.36. The van der Waals surface area contributed by atoms with Crippen molar-refractivity contribution in [3.63, 3.8) is 0 Å². The standard InChI is InChI=1S/C25H39N7O8S/c1-31-14-17(32(37)38)13-19(31)24(35)28-8-4-7-26-22(34)15-40-12-11-39-10-9-27-21(33)6-3-2-5-20-23-18(16-41-20)29-25(36)30-23/h13-14,18,20,23H,2-12,15-16H2,1H3,(H,26,34)(H,27,33)(H,28,35)(H2,29,30,36)/t18-,20-,23-/m0/s1. The molecule has 0 bridgehead atoms. The van der Waals surface area contributed by atoms with Gasteiger partial charge in [0.05, 0.1) is 43.0 Å². The van der Waals surface area contributed by atoms with Crippen LogP contribution < -0.4 is 26.6 Å². The van der Waals surface area contributed by atoms with Crippen LogP contribution in [0.1, 0.15) is 42.6 Å². The molecule has 3 atom stereocenters. The van der Waals surface area contributed by atoms with Gasteiger partial charge in [0.25, 0.3) is 11.6 Å². The summed E-state index contributed by atoms with van der Waals surface area (Å²) in [6, 6.07) is 1.54. The quantitative estimate of drug-likeness (QED) is 0.0633. The van der Waals surface area contributed by atoms with Gasteiger partial charge in [-0.15, -0.1) is 0 Å². The Morgan fingerprint density at radius 2 is 1.80 bits per heavy atom. The molecule has 41 heavy (non-hydrogen) atoms. The third kappa shape index (κ3) is 10.8. The topological polar surface area (TPSA) is 195 Å². The van der Waals surface area contributed by atoms with Crippen molar-refractivity contribution in [2.24, 2.45) is 7.05 Å². The van der Waals surface area contributed by atoms with Crippen LogP contribution in [0.25, 0.3) is 0 Å². The Labute approximate surface area is 242 Å². The summed E-state index contributed by atoms with van der Waals surface area (Å²) in [7, 11) is 1.55. The number of nitrogens with one attached hydrogen (secondary N) is 5. The molecule has 2 aliphatic heterocycles. The zero-order chi connectivity index (χ0) is 29.6. The first-order valence-corrected chi connectivity index (χ1v) is 14.8. The SMILES string of the molecule is Cn1cc([N+](=O)[O-])cc1C(=O)NCCCNC(=O)COCCOCCNC(=O)CCCC[C@@H]1SC[C@@H]2NC(=O)N[C@@H]21. The summed E-state index contributed by atoms with van der Waals surface area (Å²) in [5.41, 5.74) is 0.0271. The zero-order valence-electron chi connectivity index (χ0n) is 23.1. The van der Waals surface area contributed by atoms with E-state index in [2.05, 4.69) is 26.6 Å². The van der Waals surface area contributed by atoms with E-state index in [1.54, 1.807) is 7.05 Å². The third-order valence-electron chi connectivity index (χ3n) is 6.65. The fourth-order valence-electron chi connectivity index (χ4n) is 4.54. The number of fused-ring (bicyclic) bond motifs is 1. The molecule has 16 heteroatoms. The number of ether oxygens (including phenoxy) is 2. The molecule has 0 unspecified atom stereocenters. The number of rotatable bonds is 19. The van der Waals surface area contributed by atoms with Gasteiger partial charge in [0.1, 0.15) is 12.3 Å². The van der Waals surface area contributed by atoms with Gasteiger partial charge in [0.2, 0.25) is 11.8 Å². The van der Waals surface area contributed by atoms with Gasteiger partial charge in [-0.1, -0.05) is 6.42 Å². The Kier molecular flexibility index (Phi) is 13.2. The van der Waals surface area contributed by atoms with Crippen LogP contribution in [0.5, 0.6) is 0 Å². The molecule has 0 aromatic carbocycles. The lowest BCUT2D eigenvalue weighted by Gasteiger charge is -2.16. The second-order valence-electron chi connectivity index (χ2n) is 9.79. The molecule has 1 aromatic rings. The average Bonchev–Trinajstić information content (AvgIpc) is 3.62. The molecule has 0 spiro atoms. The highest BCUT2D eigenvalue weighted by atomic mass is 32.2. The number of nitrogens with zero attached hydrogens (tertiary/aromatic N) is 2. The van der Waals surface area contributed by atoms with Crippen molar-refractivity contribution in [1.29, 1.82) is 0 Å². The number of hydrogen-bond acceptors (Lipinski definition) is 9. The summed E-state index contributed by atoms with van der Waals surface area (Å²) in [6.45, 7) is 1.78. The maximum atomic E-state index is 12.1. The second-order valence-corrected chi connectivity index (χ2v) is 11.1. The number of nitro groups is 1. The maximum absolute atomic E-state index is 12.1. The summed E-state index contributed by atoms with van der Waals surface area (Å²) < 4.78 is 12.1. The van der Waals surface area contributed by atoms with Crippen LogP contribution in [0.2, 0.25) is 0 Å². The number of aromatic nitrogens is 1. The molecule has 0 radical (unpaired) electrons. The minimum atomic E-state index is -0.562. The number of unbranched alkanes of at least 4 members (excludes halogenated alkanes) is 1. The number of urea groups is 1. The van der Waals surface area contributed by atoms with Crippen molar-refractivity contribution in [3.05, 3.63) is 28.1 Å². The highest BCUT2D eigenvalue weighted by Crippen LogP contribution is 2.33. The monoisotopic (exact) mass is 597 g/mol. The highest BCUT2D eigenvalue weighted by molar-refractivity contribution is 8.00. The van der Waals surface area contributed by atoms with Gasteiger partial charge < -0.3 is 40.6 Å². The number of carbonyl (C=O) groups excluding carboxylic acids is 4. The van der Waals surface area contributed by atoms with Crippen LogP contribution in [0, 0.1) is 10.1 Å². The van der Waals surface area contributed by atoms with Gasteiger partial charge in [-0.05, 0) is 19.3 Å². The van der Waals surface area contributed by atoms with Crippen LogP contribution >= 0.6 is 11.8 Å². The van der Waals surface area contributed by atoms with E-state index < -0.39 is 10.8 Å². The van der Waals surface area contributed by atoms with Crippen LogP contribution in [-0.2, 0) is 26.1 Å². The number of hydrogen-bond donors (Lipinski definition) is 5. The molecular formula is C25H39N7O8S. The van der Waals surface area contributed by atoms with E-state index in [0.29, 0.717) is 50.9 Å². The van der Waals surface area contributed by atoms with E-state index in [-0.39, 0.29) is 54.5 Å². The van der Waals surface area contributed by atoms with Crippen LogP contribution in [0.3, 0.4) is 0 Å². The van der Waals surface area contributed by atoms with Crippen molar-refractivity contribution in [3.8, 4) is 0 Å². The molecule has 2 fully saturated rings. The molecule has 0 saturated carbocycles. The van der Waals surface area contributed by atoms with Crippen LogP contribution in [0.4, 0.5) is 10.5 Å². The maximum Gasteiger partial charge on any atom is 0.315 e. The van der Waals surface area contributed by atoms with E-state index in [1.165, 1.54) is 16.8 Å². The Bertz CT molecular complexity index is 1070. The van der Waals surface area contributed by atoms with Gasteiger partial charge in [-0.2, -0.15) is 11.8 Å². The van der Waals surface area contributed by atoms with Gasteiger partial charge in [0, 0.05) is 50.2 Å². The summed E-state index contributed by atoms with van der Waals surface area (Å²) in [6.07, 6.45) is 4.92. The van der Waals surface area contributed by atoms with Crippen molar-refractivity contribution >= 4 is 41.2 Å². The molecule has 5 N–H and O–H groups in total. The molecule has 1 aromatic heterocycles.